The van der Waals surface area contributed by atoms with Crippen LogP contribution < -0.4 is 0 Å². The van der Waals surface area contributed by atoms with Gasteiger partial charge in [0.25, 0.3) is 0 Å². The molecule has 90 valence electrons. The third kappa shape index (κ3) is 2.28. The number of rotatable bonds is 3. The van der Waals surface area contributed by atoms with Gasteiger partial charge in [0.1, 0.15) is 0 Å². The van der Waals surface area contributed by atoms with Crippen LogP contribution in [-0.2, 0) is 6.54 Å². The van der Waals surface area contributed by atoms with Crippen LogP contribution in [0.25, 0.3) is 0 Å². The molecule has 2 heteroatoms. The third-order valence-electron chi connectivity index (χ3n) is 4.14. The minimum atomic E-state index is 0.790. The Balaban J connectivity index is 1.69. The molecule has 0 radical (unpaired) electrons. The van der Waals surface area contributed by atoms with Gasteiger partial charge in [-0.3, -0.25) is 4.99 Å². The maximum Gasteiger partial charge on any atom is 0.0639 e. The second-order valence-corrected chi connectivity index (χ2v) is 6.29. The monoisotopic (exact) mass is 245 g/mol. The number of thioether (sulfide) groups is 1. The lowest BCUT2D eigenvalue weighted by molar-refractivity contribution is 0.595. The molecule has 0 aromatic heterocycles. The highest BCUT2D eigenvalue weighted by Crippen LogP contribution is 2.47. The summed E-state index contributed by atoms with van der Waals surface area (Å²) in [5.41, 5.74) is 2.84. The minimum absolute atomic E-state index is 0.790. The maximum atomic E-state index is 4.88. The first-order valence-corrected chi connectivity index (χ1v) is 7.75. The van der Waals surface area contributed by atoms with Crippen molar-refractivity contribution in [1.29, 1.82) is 0 Å². The van der Waals surface area contributed by atoms with Crippen molar-refractivity contribution in [3.63, 3.8) is 0 Å². The molecule has 0 spiro atoms. The molecule has 2 aliphatic carbocycles. The quantitative estimate of drug-likeness (QED) is 0.789. The van der Waals surface area contributed by atoms with Gasteiger partial charge in [-0.2, -0.15) is 11.8 Å². The number of aliphatic imine (C=N–C) groups is 1. The van der Waals surface area contributed by atoms with Crippen LogP contribution in [0.2, 0.25) is 0 Å². The van der Waals surface area contributed by atoms with Crippen molar-refractivity contribution in [2.75, 3.05) is 6.26 Å². The summed E-state index contributed by atoms with van der Waals surface area (Å²) in [6.45, 7) is 0.875. The van der Waals surface area contributed by atoms with E-state index in [0.717, 1.165) is 23.6 Å². The molecular weight excluding hydrogens is 226 g/mol. The van der Waals surface area contributed by atoms with E-state index >= 15 is 0 Å². The molecule has 0 N–H and O–H groups in total. The van der Waals surface area contributed by atoms with Crippen LogP contribution in [0.4, 0.5) is 0 Å². The van der Waals surface area contributed by atoms with E-state index in [1.807, 2.05) is 11.8 Å². The van der Waals surface area contributed by atoms with E-state index in [1.165, 1.54) is 30.5 Å². The topological polar surface area (TPSA) is 12.4 Å². The highest BCUT2D eigenvalue weighted by Gasteiger charge is 2.43. The molecule has 1 aromatic rings. The molecule has 2 aliphatic rings. The molecule has 2 saturated carbocycles. The summed E-state index contributed by atoms with van der Waals surface area (Å²) in [7, 11) is 0. The number of hydrogen-bond donors (Lipinski definition) is 0. The first kappa shape index (κ1) is 11.3. The van der Waals surface area contributed by atoms with Gasteiger partial charge in [0.15, 0.2) is 0 Å². The molecule has 3 atom stereocenters. The second kappa shape index (κ2) is 4.85. The Hall–Kier alpha value is -0.760. The summed E-state index contributed by atoms with van der Waals surface area (Å²) in [5.74, 6) is 1.73. The molecule has 2 fully saturated rings. The Labute approximate surface area is 108 Å². The first-order valence-electron chi connectivity index (χ1n) is 6.46. The predicted octanol–water partition coefficient (Wildman–Crippen LogP) is 3.79. The molecule has 0 heterocycles. The van der Waals surface area contributed by atoms with E-state index in [9.17, 15) is 0 Å². The number of benzene rings is 1. The molecule has 1 nitrogen and oxygen atoms in total. The maximum absolute atomic E-state index is 4.88. The van der Waals surface area contributed by atoms with Gasteiger partial charge in [-0.1, -0.05) is 30.3 Å². The van der Waals surface area contributed by atoms with Gasteiger partial charge >= 0.3 is 0 Å². The average molecular weight is 245 g/mol. The fourth-order valence-electron chi connectivity index (χ4n) is 3.28. The van der Waals surface area contributed by atoms with Crippen molar-refractivity contribution < 1.29 is 0 Å². The van der Waals surface area contributed by atoms with E-state index in [4.69, 9.17) is 4.99 Å². The molecule has 17 heavy (non-hydrogen) atoms. The summed E-state index contributed by atoms with van der Waals surface area (Å²) in [6, 6.07) is 10.6. The van der Waals surface area contributed by atoms with Crippen molar-refractivity contribution in [2.24, 2.45) is 16.8 Å². The average Bonchev–Trinajstić information content (AvgIpc) is 2.96. The van der Waals surface area contributed by atoms with Crippen LogP contribution in [0.5, 0.6) is 0 Å². The van der Waals surface area contributed by atoms with Crippen LogP contribution in [0.1, 0.15) is 24.8 Å². The Kier molecular flexibility index (Phi) is 3.24. The summed E-state index contributed by atoms with van der Waals surface area (Å²) < 4.78 is 0. The Morgan fingerprint density at radius 1 is 1.24 bits per heavy atom. The zero-order valence-corrected chi connectivity index (χ0v) is 11.1. The smallest absolute Gasteiger partial charge is 0.0639 e. The van der Waals surface area contributed by atoms with Crippen molar-refractivity contribution in [3.05, 3.63) is 35.9 Å². The number of fused-ring (bicyclic) bond motifs is 2. The molecule has 0 amide bonds. The lowest BCUT2D eigenvalue weighted by Crippen LogP contribution is -2.22. The fourth-order valence-corrected chi connectivity index (χ4v) is 4.34. The van der Waals surface area contributed by atoms with Gasteiger partial charge in [0.05, 0.1) is 6.54 Å². The first-order chi connectivity index (χ1) is 8.36. The predicted molar refractivity (Wildman–Crippen MR) is 75.7 cm³/mol. The summed E-state index contributed by atoms with van der Waals surface area (Å²) >= 11 is 2.04. The minimum Gasteiger partial charge on any atom is -0.289 e. The van der Waals surface area contributed by atoms with Gasteiger partial charge in [-0.15, -0.1) is 0 Å². The van der Waals surface area contributed by atoms with Crippen LogP contribution >= 0.6 is 11.8 Å². The second-order valence-electron chi connectivity index (χ2n) is 5.22. The van der Waals surface area contributed by atoms with Crippen molar-refractivity contribution in [1.82, 2.24) is 0 Å². The van der Waals surface area contributed by atoms with E-state index in [-0.39, 0.29) is 0 Å². The zero-order valence-electron chi connectivity index (χ0n) is 10.3. The lowest BCUT2D eigenvalue weighted by atomic mass is 9.98. The lowest BCUT2D eigenvalue weighted by Gasteiger charge is -2.21. The Bertz CT molecular complexity index is 412. The van der Waals surface area contributed by atoms with Crippen molar-refractivity contribution >= 4 is 17.5 Å². The summed E-state index contributed by atoms with van der Waals surface area (Å²) in [5, 5.41) is 0.850. The van der Waals surface area contributed by atoms with Crippen LogP contribution in [0, 0.1) is 11.8 Å². The Morgan fingerprint density at radius 2 is 2.06 bits per heavy atom. The van der Waals surface area contributed by atoms with E-state index < -0.39 is 0 Å². The van der Waals surface area contributed by atoms with Crippen LogP contribution in [-0.4, -0.2) is 17.2 Å². The molecule has 0 unspecified atom stereocenters. The molecule has 2 bridgehead atoms. The van der Waals surface area contributed by atoms with Gasteiger partial charge < -0.3 is 0 Å². The highest BCUT2D eigenvalue weighted by molar-refractivity contribution is 7.99. The number of hydrogen-bond acceptors (Lipinski definition) is 2. The van der Waals surface area contributed by atoms with E-state index in [1.54, 1.807) is 0 Å². The normalized spacial score (nSPS) is 33.5. The largest absolute Gasteiger partial charge is 0.289 e. The highest BCUT2D eigenvalue weighted by atomic mass is 32.2. The SMILES string of the molecule is CS[C@@H]1C[C@@H]2CC(=NCc3ccccc3)[C@H]1C2. The van der Waals surface area contributed by atoms with Gasteiger partial charge in [-0.05, 0) is 37.0 Å². The van der Waals surface area contributed by atoms with Gasteiger partial charge in [-0.25, -0.2) is 0 Å². The number of nitrogens with zero attached hydrogens (tertiary/aromatic N) is 1. The standard InChI is InChI=1S/C15H19NS/c1-17-15-9-12-7-13(15)14(8-12)16-10-11-5-3-2-4-6-11/h2-6,12-13,15H,7-10H2,1H3/t12-,13+,15+/m0/s1. The zero-order chi connectivity index (χ0) is 11.7. The molecular formula is C15H19NS. The fraction of sp³-hybridized carbons (Fsp3) is 0.533. The van der Waals surface area contributed by atoms with Gasteiger partial charge in [0.2, 0.25) is 0 Å². The van der Waals surface area contributed by atoms with Crippen LogP contribution in [0.15, 0.2) is 35.3 Å². The molecule has 1 aromatic carbocycles. The van der Waals surface area contributed by atoms with Crippen LogP contribution in [0.3, 0.4) is 0 Å². The molecule has 0 saturated heterocycles. The summed E-state index contributed by atoms with van der Waals surface area (Å²) in [4.78, 5) is 4.88. The molecule has 0 aliphatic heterocycles. The summed E-state index contributed by atoms with van der Waals surface area (Å²) in [6.07, 6.45) is 6.35. The Morgan fingerprint density at radius 3 is 2.76 bits per heavy atom. The molecule has 3 rings (SSSR count). The van der Waals surface area contributed by atoms with E-state index in [2.05, 4.69) is 36.6 Å². The van der Waals surface area contributed by atoms with Crippen molar-refractivity contribution in [2.45, 2.75) is 31.1 Å². The van der Waals surface area contributed by atoms with Gasteiger partial charge in [0, 0.05) is 16.9 Å². The third-order valence-corrected chi connectivity index (χ3v) is 5.26. The van der Waals surface area contributed by atoms with E-state index in [0.29, 0.717) is 0 Å². The van der Waals surface area contributed by atoms with Crippen molar-refractivity contribution in [3.8, 4) is 0 Å².